The van der Waals surface area contributed by atoms with Crippen LogP contribution in [0.2, 0.25) is 0 Å². The lowest BCUT2D eigenvalue weighted by Crippen LogP contribution is -2.45. The lowest BCUT2D eigenvalue weighted by Gasteiger charge is -2.34. The van der Waals surface area contributed by atoms with Crippen molar-refractivity contribution in [2.45, 2.75) is 39.2 Å². The molecular formula is C20H23NO5. The first-order valence-corrected chi connectivity index (χ1v) is 8.95. The summed E-state index contributed by atoms with van der Waals surface area (Å²) < 4.78 is 10.4. The van der Waals surface area contributed by atoms with Crippen LogP contribution in [0.15, 0.2) is 39.5 Å². The molecule has 6 heteroatoms. The van der Waals surface area contributed by atoms with E-state index in [2.05, 4.69) is 19.2 Å². The van der Waals surface area contributed by atoms with Gasteiger partial charge in [-0.25, -0.2) is 4.79 Å². The van der Waals surface area contributed by atoms with Gasteiger partial charge in [-0.2, -0.15) is 0 Å². The highest BCUT2D eigenvalue weighted by Gasteiger charge is 2.28. The molecule has 0 unspecified atom stereocenters. The number of carbonyl (C=O) groups excluding carboxylic acids is 2. The second-order valence-corrected chi connectivity index (χ2v) is 6.99. The summed E-state index contributed by atoms with van der Waals surface area (Å²) in [6.45, 7) is 3.92. The van der Waals surface area contributed by atoms with Gasteiger partial charge in [0, 0.05) is 12.1 Å². The first kappa shape index (κ1) is 18.2. The number of ether oxygens (including phenoxy) is 1. The Balaban J connectivity index is 1.60. The van der Waals surface area contributed by atoms with E-state index < -0.39 is 12.6 Å². The minimum atomic E-state index is -0.826. The highest BCUT2D eigenvalue weighted by atomic mass is 16.5. The zero-order chi connectivity index (χ0) is 18.7. The molecule has 0 bridgehead atoms. The van der Waals surface area contributed by atoms with Crippen molar-refractivity contribution in [2.75, 3.05) is 6.61 Å². The van der Waals surface area contributed by atoms with Gasteiger partial charge in [0.15, 0.2) is 12.0 Å². The molecule has 0 spiro atoms. The van der Waals surface area contributed by atoms with E-state index >= 15 is 0 Å². The molecule has 6 nitrogen and oxygen atoms in total. The SMILES string of the molecule is C[C@@H]1[C@H](C)CCC[C@@H]1NC(=O)COC(=O)c1cc(=O)c2ccccc2o1. The van der Waals surface area contributed by atoms with Crippen molar-refractivity contribution >= 4 is 22.8 Å². The number of carbonyl (C=O) groups is 2. The number of fused-ring (bicyclic) bond motifs is 1. The van der Waals surface area contributed by atoms with Crippen LogP contribution in [0.25, 0.3) is 11.0 Å². The Bertz CT molecular complexity index is 872. The fourth-order valence-electron chi connectivity index (χ4n) is 3.44. The van der Waals surface area contributed by atoms with Crippen LogP contribution in [0.5, 0.6) is 0 Å². The largest absolute Gasteiger partial charge is 0.450 e. The molecule has 3 rings (SSSR count). The number of nitrogens with one attached hydrogen (secondary N) is 1. The Kier molecular flexibility index (Phi) is 5.40. The molecule has 1 saturated carbocycles. The van der Waals surface area contributed by atoms with E-state index in [0.29, 0.717) is 22.8 Å². The lowest BCUT2D eigenvalue weighted by molar-refractivity contribution is -0.125. The Labute approximate surface area is 151 Å². The summed E-state index contributed by atoms with van der Waals surface area (Å²) >= 11 is 0. The predicted octanol–water partition coefficient (Wildman–Crippen LogP) is 2.89. The highest BCUT2D eigenvalue weighted by molar-refractivity contribution is 5.90. The molecule has 1 heterocycles. The molecule has 1 aromatic carbocycles. The lowest BCUT2D eigenvalue weighted by atomic mass is 9.78. The van der Waals surface area contributed by atoms with Crippen LogP contribution in [-0.4, -0.2) is 24.5 Å². The maximum absolute atomic E-state index is 12.1. The molecule has 2 aromatic rings. The van der Waals surface area contributed by atoms with Crippen LogP contribution in [0.1, 0.15) is 43.7 Å². The third-order valence-electron chi connectivity index (χ3n) is 5.22. The molecule has 1 aliphatic rings. The van der Waals surface area contributed by atoms with E-state index in [1.165, 1.54) is 6.42 Å². The van der Waals surface area contributed by atoms with Gasteiger partial charge in [0.1, 0.15) is 5.58 Å². The number of para-hydroxylation sites is 1. The quantitative estimate of drug-likeness (QED) is 0.851. The second kappa shape index (κ2) is 7.72. The molecule has 0 radical (unpaired) electrons. The summed E-state index contributed by atoms with van der Waals surface area (Å²) in [7, 11) is 0. The zero-order valence-electron chi connectivity index (χ0n) is 15.0. The molecule has 138 valence electrons. The Morgan fingerprint density at radius 1 is 1.23 bits per heavy atom. The standard InChI is InChI=1S/C20H23NO5/c1-12-6-5-8-15(13(12)2)21-19(23)11-25-20(24)18-10-16(22)14-7-3-4-9-17(14)26-18/h3-4,7,9-10,12-13,15H,5-6,8,11H2,1-2H3,(H,21,23)/t12-,13-,15+/m1/s1. The number of rotatable bonds is 4. The minimum absolute atomic E-state index is 0.101. The zero-order valence-corrected chi connectivity index (χ0v) is 15.0. The summed E-state index contributed by atoms with van der Waals surface area (Å²) in [5, 5.41) is 3.33. The van der Waals surface area contributed by atoms with Gasteiger partial charge in [0.2, 0.25) is 5.76 Å². The monoisotopic (exact) mass is 357 g/mol. The van der Waals surface area contributed by atoms with Crippen molar-refractivity contribution < 1.29 is 18.7 Å². The van der Waals surface area contributed by atoms with Crippen LogP contribution in [-0.2, 0) is 9.53 Å². The van der Waals surface area contributed by atoms with Crippen LogP contribution in [0, 0.1) is 11.8 Å². The maximum Gasteiger partial charge on any atom is 0.374 e. The van der Waals surface area contributed by atoms with Gasteiger partial charge in [-0.05, 0) is 30.4 Å². The third kappa shape index (κ3) is 3.95. The summed E-state index contributed by atoms with van der Waals surface area (Å²) in [5.41, 5.74) is -0.0188. The fourth-order valence-corrected chi connectivity index (χ4v) is 3.44. The number of esters is 1. The first-order valence-electron chi connectivity index (χ1n) is 8.95. The maximum atomic E-state index is 12.1. The summed E-state index contributed by atoms with van der Waals surface area (Å²) in [6, 6.07) is 7.84. The minimum Gasteiger partial charge on any atom is -0.450 e. The van der Waals surface area contributed by atoms with Crippen molar-refractivity contribution in [3.8, 4) is 0 Å². The van der Waals surface area contributed by atoms with Crippen molar-refractivity contribution in [2.24, 2.45) is 11.8 Å². The normalized spacial score (nSPS) is 22.8. The highest BCUT2D eigenvalue weighted by Crippen LogP contribution is 2.29. The van der Waals surface area contributed by atoms with Crippen molar-refractivity contribution in [1.29, 1.82) is 0 Å². The molecule has 0 saturated heterocycles. The van der Waals surface area contributed by atoms with Crippen molar-refractivity contribution in [1.82, 2.24) is 5.32 Å². The molecule has 1 aromatic heterocycles. The molecule has 1 aliphatic carbocycles. The van der Waals surface area contributed by atoms with Crippen molar-refractivity contribution in [3.05, 3.63) is 46.3 Å². The van der Waals surface area contributed by atoms with Crippen LogP contribution < -0.4 is 10.7 Å². The fraction of sp³-hybridized carbons (Fsp3) is 0.450. The van der Waals surface area contributed by atoms with Gasteiger partial charge in [-0.15, -0.1) is 0 Å². The molecule has 1 N–H and O–H groups in total. The first-order chi connectivity index (χ1) is 12.5. The number of amides is 1. The van der Waals surface area contributed by atoms with E-state index in [-0.39, 0.29) is 23.1 Å². The topological polar surface area (TPSA) is 85.6 Å². The van der Waals surface area contributed by atoms with E-state index in [1.54, 1.807) is 24.3 Å². The Hall–Kier alpha value is -2.63. The number of hydrogen-bond acceptors (Lipinski definition) is 5. The Morgan fingerprint density at radius 3 is 2.81 bits per heavy atom. The van der Waals surface area contributed by atoms with E-state index in [4.69, 9.17) is 9.15 Å². The van der Waals surface area contributed by atoms with E-state index in [0.717, 1.165) is 18.9 Å². The average Bonchev–Trinajstić information content (AvgIpc) is 2.63. The number of hydrogen-bond donors (Lipinski definition) is 1. The molecule has 1 amide bonds. The summed E-state index contributed by atoms with van der Waals surface area (Å²) in [5.74, 6) is -0.424. The van der Waals surface area contributed by atoms with Crippen LogP contribution in [0.3, 0.4) is 0 Å². The van der Waals surface area contributed by atoms with Crippen molar-refractivity contribution in [3.63, 3.8) is 0 Å². The van der Waals surface area contributed by atoms with Gasteiger partial charge >= 0.3 is 5.97 Å². The summed E-state index contributed by atoms with van der Waals surface area (Å²) in [6.07, 6.45) is 3.19. The van der Waals surface area contributed by atoms with Crippen LogP contribution >= 0.6 is 0 Å². The van der Waals surface area contributed by atoms with Gasteiger partial charge in [-0.1, -0.05) is 38.8 Å². The second-order valence-electron chi connectivity index (χ2n) is 6.99. The Morgan fingerprint density at radius 2 is 2.00 bits per heavy atom. The van der Waals surface area contributed by atoms with E-state index in [9.17, 15) is 14.4 Å². The number of benzene rings is 1. The van der Waals surface area contributed by atoms with Crippen LogP contribution in [0.4, 0.5) is 0 Å². The molecule has 0 aliphatic heterocycles. The van der Waals surface area contributed by atoms with E-state index in [1.807, 2.05) is 0 Å². The van der Waals surface area contributed by atoms with Gasteiger partial charge in [0.05, 0.1) is 5.39 Å². The molecular weight excluding hydrogens is 334 g/mol. The average molecular weight is 357 g/mol. The molecule has 3 atom stereocenters. The van der Waals surface area contributed by atoms with Gasteiger partial charge < -0.3 is 14.5 Å². The van der Waals surface area contributed by atoms with Gasteiger partial charge in [0.25, 0.3) is 5.91 Å². The third-order valence-corrected chi connectivity index (χ3v) is 5.22. The summed E-state index contributed by atoms with van der Waals surface area (Å²) in [4.78, 5) is 36.2. The van der Waals surface area contributed by atoms with Gasteiger partial charge in [-0.3, -0.25) is 9.59 Å². The predicted molar refractivity (Wildman–Crippen MR) is 96.9 cm³/mol. The molecule has 26 heavy (non-hydrogen) atoms. The smallest absolute Gasteiger partial charge is 0.374 e. The molecule has 1 fully saturated rings.